The number of aliphatic carboxylic acids is 1. The summed E-state index contributed by atoms with van der Waals surface area (Å²) in [6.45, 7) is 1.84. The molecule has 0 unspecified atom stereocenters. The van der Waals surface area contributed by atoms with Gasteiger partial charge < -0.3 is 20.5 Å². The van der Waals surface area contributed by atoms with Crippen molar-refractivity contribution >= 4 is 46.9 Å². The van der Waals surface area contributed by atoms with Crippen molar-refractivity contribution in [1.82, 2.24) is 20.1 Å². The third-order valence-corrected chi connectivity index (χ3v) is 7.60. The van der Waals surface area contributed by atoms with Crippen LogP contribution in [-0.4, -0.2) is 57.0 Å². The first-order chi connectivity index (χ1) is 23.2. The molecule has 2 aromatic heterocycles. The lowest BCUT2D eigenvalue weighted by atomic mass is 9.95. The van der Waals surface area contributed by atoms with E-state index >= 15 is 0 Å². The first-order valence-corrected chi connectivity index (χ1v) is 14.9. The predicted molar refractivity (Wildman–Crippen MR) is 170 cm³/mol. The highest BCUT2D eigenvalue weighted by molar-refractivity contribution is 6.30. The van der Waals surface area contributed by atoms with Gasteiger partial charge in [-0.25, -0.2) is 18.7 Å². The number of rotatable bonds is 4. The third kappa shape index (κ3) is 9.31. The number of fused-ring (bicyclic) bond motifs is 4. The summed E-state index contributed by atoms with van der Waals surface area (Å²) in [6.07, 6.45) is 0.462. The molecule has 258 valence electrons. The smallest absolute Gasteiger partial charge is 0.475 e. The molecule has 12 nitrogen and oxygen atoms in total. The zero-order valence-corrected chi connectivity index (χ0v) is 26.6. The molecule has 17 heteroatoms. The molecule has 0 spiro atoms. The number of anilines is 2. The number of alkyl halides is 3. The van der Waals surface area contributed by atoms with Gasteiger partial charge in [0.05, 0.1) is 41.3 Å². The molecular formula is C32H29ClF4N6O6. The maximum atomic E-state index is 14.5. The maximum absolute atomic E-state index is 14.5. The van der Waals surface area contributed by atoms with E-state index in [1.807, 2.05) is 13.0 Å². The Morgan fingerprint density at radius 3 is 2.55 bits per heavy atom. The second-order valence-electron chi connectivity index (χ2n) is 10.7. The number of methoxy groups -OCH3 is 1. The van der Waals surface area contributed by atoms with Crippen LogP contribution in [0.3, 0.4) is 0 Å². The van der Waals surface area contributed by atoms with Crippen molar-refractivity contribution in [2.45, 2.75) is 38.4 Å². The second kappa shape index (κ2) is 15.6. The molecule has 0 aliphatic carbocycles. The molecule has 0 saturated heterocycles. The average molecular weight is 705 g/mol. The molecule has 3 heterocycles. The molecule has 2 bridgehead atoms. The van der Waals surface area contributed by atoms with E-state index in [4.69, 9.17) is 21.5 Å². The van der Waals surface area contributed by atoms with Gasteiger partial charge in [0.2, 0.25) is 5.91 Å². The maximum Gasteiger partial charge on any atom is 0.490 e. The number of aromatic nitrogens is 3. The molecule has 49 heavy (non-hydrogen) atoms. The Morgan fingerprint density at radius 2 is 1.86 bits per heavy atom. The van der Waals surface area contributed by atoms with Gasteiger partial charge >= 0.3 is 18.2 Å². The molecule has 2 aromatic carbocycles. The first-order valence-electron chi connectivity index (χ1n) is 14.5. The normalized spacial score (nSPS) is 15.9. The Kier molecular flexibility index (Phi) is 11.6. The number of carbonyl (C=O) groups is 4. The van der Waals surface area contributed by atoms with Crippen LogP contribution >= 0.6 is 11.6 Å². The summed E-state index contributed by atoms with van der Waals surface area (Å²) in [6, 6.07) is 12.9. The Labute approximate surface area is 281 Å². The fourth-order valence-electron chi connectivity index (χ4n) is 4.74. The van der Waals surface area contributed by atoms with Crippen LogP contribution in [0.15, 0.2) is 67.1 Å². The summed E-state index contributed by atoms with van der Waals surface area (Å²) in [4.78, 5) is 51.6. The highest BCUT2D eigenvalue weighted by Gasteiger charge is 2.38. The van der Waals surface area contributed by atoms with Gasteiger partial charge in [0.15, 0.2) is 5.82 Å². The van der Waals surface area contributed by atoms with E-state index in [0.29, 0.717) is 41.9 Å². The monoisotopic (exact) mass is 704 g/mol. The van der Waals surface area contributed by atoms with E-state index in [2.05, 4.69) is 30.8 Å². The van der Waals surface area contributed by atoms with Gasteiger partial charge in [-0.2, -0.15) is 18.3 Å². The van der Waals surface area contributed by atoms with Crippen LogP contribution in [0.1, 0.15) is 48.3 Å². The topological polar surface area (TPSA) is 165 Å². The molecule has 4 N–H and O–H groups in total. The lowest BCUT2D eigenvalue weighted by Gasteiger charge is -2.22. The Bertz CT molecular complexity index is 1870. The zero-order valence-electron chi connectivity index (χ0n) is 25.8. The van der Waals surface area contributed by atoms with Crippen molar-refractivity contribution in [3.05, 3.63) is 89.2 Å². The predicted octanol–water partition coefficient (Wildman–Crippen LogP) is 6.77. The molecular weight excluding hydrogens is 676 g/mol. The summed E-state index contributed by atoms with van der Waals surface area (Å²) in [5, 5.41) is 19.9. The highest BCUT2D eigenvalue weighted by atomic mass is 35.5. The van der Waals surface area contributed by atoms with Gasteiger partial charge in [0.25, 0.3) is 5.91 Å². The zero-order chi connectivity index (χ0) is 35.9. The summed E-state index contributed by atoms with van der Waals surface area (Å²) in [5.41, 5.74) is 3.44. The van der Waals surface area contributed by atoms with E-state index in [0.717, 1.165) is 5.56 Å². The molecule has 4 aromatic rings. The Morgan fingerprint density at radius 1 is 1.12 bits per heavy atom. The lowest BCUT2D eigenvalue weighted by Crippen LogP contribution is -2.29. The van der Waals surface area contributed by atoms with Crippen LogP contribution in [0.25, 0.3) is 16.8 Å². The average Bonchev–Trinajstić information content (AvgIpc) is 3.55. The van der Waals surface area contributed by atoms with Crippen LogP contribution in [0, 0.1) is 11.7 Å². The minimum atomic E-state index is -5.08. The van der Waals surface area contributed by atoms with Crippen molar-refractivity contribution in [2.24, 2.45) is 5.92 Å². The fourth-order valence-corrected chi connectivity index (χ4v) is 4.91. The Balaban J connectivity index is 0.000000698. The van der Waals surface area contributed by atoms with Crippen molar-refractivity contribution in [3.63, 3.8) is 0 Å². The Hall–Kier alpha value is -5.51. The van der Waals surface area contributed by atoms with Crippen LogP contribution in [0.4, 0.5) is 33.7 Å². The van der Waals surface area contributed by atoms with Gasteiger partial charge in [-0.15, -0.1) is 0 Å². The number of nitrogens with one attached hydrogen (secondary N) is 3. The van der Waals surface area contributed by atoms with Crippen molar-refractivity contribution in [2.75, 3.05) is 17.7 Å². The van der Waals surface area contributed by atoms with Crippen molar-refractivity contribution < 1.29 is 46.6 Å². The second-order valence-corrected chi connectivity index (χ2v) is 11.2. The molecule has 2 atom stereocenters. The van der Waals surface area contributed by atoms with Gasteiger partial charge in [0, 0.05) is 29.6 Å². The SMILES string of the molecule is COC(=O)Nc1ccc2c(c1)NC(=O)[C@H](C)CCC[C@H](NC(=O)c1cnn(-c3cccc(Cl)c3F)c1)c1cc-2ccn1.O=C(O)C(F)(F)F. The number of ether oxygens (including phenoxy) is 1. The number of carboxylic acids is 1. The molecule has 0 saturated carbocycles. The number of benzene rings is 2. The van der Waals surface area contributed by atoms with Crippen LogP contribution in [0.5, 0.6) is 0 Å². The van der Waals surface area contributed by atoms with E-state index in [1.54, 1.807) is 36.5 Å². The fraction of sp³-hybridized carbons (Fsp3) is 0.250. The van der Waals surface area contributed by atoms with Crippen molar-refractivity contribution in [1.29, 1.82) is 0 Å². The van der Waals surface area contributed by atoms with Crippen LogP contribution in [0.2, 0.25) is 5.02 Å². The number of amides is 3. The first kappa shape index (κ1) is 36.3. The standard InChI is InChI=1S/C30H28ClFN6O4.C2HF3O2/c1-17-5-3-7-23(36-29(40)19-15-34-38(16-19)26-8-4-6-22(31)27(26)32)25-13-18(11-12-33-25)21-10-9-20(35-30(41)42-2)14-24(21)37-28(17)39;3-2(4,5)1(6)7/h4,6,8-17,23H,3,5,7H2,1-2H3,(H,35,41)(H,36,40)(H,37,39);(H,6,7)/t17-,23+;/m1./s1. The van der Waals surface area contributed by atoms with E-state index in [-0.39, 0.29) is 28.1 Å². The quantitative estimate of drug-likeness (QED) is 0.169. The number of carboxylic acid groups (broad SMARTS) is 1. The van der Waals surface area contributed by atoms with Crippen LogP contribution < -0.4 is 16.0 Å². The third-order valence-electron chi connectivity index (χ3n) is 7.31. The molecule has 5 rings (SSSR count). The minimum Gasteiger partial charge on any atom is -0.475 e. The van der Waals surface area contributed by atoms with Crippen LogP contribution in [-0.2, 0) is 14.3 Å². The largest absolute Gasteiger partial charge is 0.490 e. The number of hydrogen-bond acceptors (Lipinski definition) is 7. The van der Waals surface area contributed by atoms with E-state index < -0.39 is 36.0 Å². The van der Waals surface area contributed by atoms with Crippen molar-refractivity contribution in [3.8, 4) is 16.8 Å². The van der Waals surface area contributed by atoms with E-state index in [9.17, 15) is 31.9 Å². The van der Waals surface area contributed by atoms with Gasteiger partial charge in [-0.1, -0.05) is 37.1 Å². The summed E-state index contributed by atoms with van der Waals surface area (Å²) in [7, 11) is 1.27. The van der Waals surface area contributed by atoms with E-state index in [1.165, 1.54) is 36.3 Å². The number of carbonyl (C=O) groups excluding carboxylic acids is 3. The highest BCUT2D eigenvalue weighted by Crippen LogP contribution is 2.34. The number of halogens is 5. The molecule has 1 aliphatic heterocycles. The van der Waals surface area contributed by atoms with Gasteiger partial charge in [0.1, 0.15) is 5.69 Å². The minimum absolute atomic E-state index is 0.0476. The number of nitrogens with zero attached hydrogens (tertiary/aromatic N) is 3. The lowest BCUT2D eigenvalue weighted by molar-refractivity contribution is -0.192. The van der Waals surface area contributed by atoms with Gasteiger partial charge in [-0.05, 0) is 54.8 Å². The molecule has 0 radical (unpaired) electrons. The molecule has 0 fully saturated rings. The summed E-state index contributed by atoms with van der Waals surface area (Å²) < 4.78 is 52.2. The van der Waals surface area contributed by atoms with Gasteiger partial charge in [-0.3, -0.25) is 19.9 Å². The number of hydrogen-bond donors (Lipinski definition) is 4. The summed E-state index contributed by atoms with van der Waals surface area (Å²) >= 11 is 5.91. The molecule has 3 amide bonds. The molecule has 1 aliphatic rings. The summed E-state index contributed by atoms with van der Waals surface area (Å²) in [5.74, 6) is -4.28. The number of pyridine rings is 1.